The van der Waals surface area contributed by atoms with Gasteiger partial charge in [-0.25, -0.2) is 0 Å². The lowest BCUT2D eigenvalue weighted by Crippen LogP contribution is -2.36. The van der Waals surface area contributed by atoms with Crippen molar-refractivity contribution in [1.82, 2.24) is 5.32 Å². The molecular formula is C13H16N2OS. The van der Waals surface area contributed by atoms with Gasteiger partial charge in [-0.05, 0) is 30.9 Å². The summed E-state index contributed by atoms with van der Waals surface area (Å²) >= 11 is 1.63. The van der Waals surface area contributed by atoms with Crippen LogP contribution in [0.15, 0.2) is 40.3 Å². The lowest BCUT2D eigenvalue weighted by molar-refractivity contribution is -0.112. The zero-order valence-corrected chi connectivity index (χ0v) is 10.9. The van der Waals surface area contributed by atoms with E-state index in [0.29, 0.717) is 0 Å². The number of rotatable bonds is 3. The van der Waals surface area contributed by atoms with Crippen molar-refractivity contribution in [2.24, 2.45) is 0 Å². The molecule has 0 aromatic heterocycles. The highest BCUT2D eigenvalue weighted by Crippen LogP contribution is 2.25. The topological polar surface area (TPSA) is 41.1 Å². The SMILES string of the molecule is CSc1ccccc1NC(=O)C(C)=C1CNC1. The Hall–Kier alpha value is -1.26. The molecule has 1 fully saturated rings. The molecule has 1 heterocycles. The summed E-state index contributed by atoms with van der Waals surface area (Å²) in [7, 11) is 0. The number of hydrogen-bond donors (Lipinski definition) is 2. The highest BCUT2D eigenvalue weighted by atomic mass is 32.2. The highest BCUT2D eigenvalue weighted by Gasteiger charge is 2.16. The van der Waals surface area contributed by atoms with Gasteiger partial charge in [-0.2, -0.15) is 0 Å². The molecule has 1 aromatic carbocycles. The molecule has 1 aliphatic rings. The average molecular weight is 248 g/mol. The molecule has 0 radical (unpaired) electrons. The van der Waals surface area contributed by atoms with Crippen molar-refractivity contribution in [3.8, 4) is 0 Å². The Morgan fingerprint density at radius 3 is 2.65 bits per heavy atom. The number of nitrogens with one attached hydrogen (secondary N) is 2. The number of anilines is 1. The predicted molar refractivity (Wildman–Crippen MR) is 72.4 cm³/mol. The maximum atomic E-state index is 12.0. The summed E-state index contributed by atoms with van der Waals surface area (Å²) in [6, 6.07) is 7.85. The Labute approximate surface area is 106 Å². The quantitative estimate of drug-likeness (QED) is 0.637. The summed E-state index contributed by atoms with van der Waals surface area (Å²) in [5, 5.41) is 6.11. The summed E-state index contributed by atoms with van der Waals surface area (Å²) in [6.45, 7) is 3.56. The van der Waals surface area contributed by atoms with E-state index in [0.717, 1.165) is 29.2 Å². The molecule has 1 amide bonds. The lowest BCUT2D eigenvalue weighted by Gasteiger charge is -2.21. The Kier molecular flexibility index (Phi) is 3.86. The van der Waals surface area contributed by atoms with E-state index in [-0.39, 0.29) is 5.91 Å². The van der Waals surface area contributed by atoms with Gasteiger partial charge in [0.15, 0.2) is 0 Å². The molecular weight excluding hydrogens is 232 g/mol. The summed E-state index contributed by atoms with van der Waals surface area (Å²) < 4.78 is 0. The third-order valence-corrected chi connectivity index (χ3v) is 3.70. The molecule has 90 valence electrons. The van der Waals surface area contributed by atoms with Gasteiger partial charge < -0.3 is 10.6 Å². The minimum Gasteiger partial charge on any atom is -0.321 e. The fourth-order valence-electron chi connectivity index (χ4n) is 1.64. The van der Waals surface area contributed by atoms with E-state index in [1.54, 1.807) is 11.8 Å². The second kappa shape index (κ2) is 5.38. The van der Waals surface area contributed by atoms with E-state index in [9.17, 15) is 4.79 Å². The molecule has 0 aliphatic carbocycles. The summed E-state index contributed by atoms with van der Waals surface area (Å²) in [6.07, 6.45) is 2.01. The number of carbonyl (C=O) groups excluding carboxylic acids is 1. The van der Waals surface area contributed by atoms with Crippen molar-refractivity contribution in [3.05, 3.63) is 35.4 Å². The number of carbonyl (C=O) groups is 1. The van der Waals surface area contributed by atoms with Crippen molar-refractivity contribution in [2.45, 2.75) is 11.8 Å². The van der Waals surface area contributed by atoms with Gasteiger partial charge in [0.25, 0.3) is 5.91 Å². The molecule has 1 saturated heterocycles. The molecule has 0 bridgehead atoms. The number of benzene rings is 1. The zero-order chi connectivity index (χ0) is 12.3. The van der Waals surface area contributed by atoms with Gasteiger partial charge in [0.05, 0.1) is 5.69 Å². The fraction of sp³-hybridized carbons (Fsp3) is 0.308. The fourth-order valence-corrected chi connectivity index (χ4v) is 2.19. The molecule has 4 heteroatoms. The Bertz CT molecular complexity index is 462. The molecule has 0 unspecified atom stereocenters. The van der Waals surface area contributed by atoms with Gasteiger partial charge in [0, 0.05) is 23.6 Å². The van der Waals surface area contributed by atoms with E-state index in [4.69, 9.17) is 0 Å². The second-order valence-electron chi connectivity index (χ2n) is 3.99. The Morgan fingerprint density at radius 2 is 2.06 bits per heavy atom. The molecule has 0 saturated carbocycles. The maximum Gasteiger partial charge on any atom is 0.251 e. The van der Waals surface area contributed by atoms with Gasteiger partial charge in [0.1, 0.15) is 0 Å². The van der Waals surface area contributed by atoms with Crippen LogP contribution < -0.4 is 10.6 Å². The molecule has 2 rings (SSSR count). The first kappa shape index (κ1) is 12.2. The van der Waals surface area contributed by atoms with E-state index >= 15 is 0 Å². The van der Waals surface area contributed by atoms with Crippen molar-refractivity contribution in [3.63, 3.8) is 0 Å². The first-order chi connectivity index (χ1) is 8.22. The minimum atomic E-state index is 0.00278. The van der Waals surface area contributed by atoms with Crippen LogP contribution in [0, 0.1) is 0 Å². The predicted octanol–water partition coefficient (Wildman–Crippen LogP) is 2.27. The standard InChI is InChI=1S/C13H16N2OS/c1-9(10-7-14-8-10)13(16)15-11-5-3-4-6-12(11)17-2/h3-6,14H,7-8H2,1-2H3,(H,15,16). The van der Waals surface area contributed by atoms with Crippen LogP contribution in [0.2, 0.25) is 0 Å². The normalized spacial score (nSPS) is 14.1. The van der Waals surface area contributed by atoms with Gasteiger partial charge in [-0.15, -0.1) is 11.8 Å². The van der Waals surface area contributed by atoms with Gasteiger partial charge in [-0.1, -0.05) is 12.1 Å². The van der Waals surface area contributed by atoms with E-state index in [1.807, 2.05) is 37.4 Å². The van der Waals surface area contributed by atoms with Crippen LogP contribution in [0.25, 0.3) is 0 Å². The highest BCUT2D eigenvalue weighted by molar-refractivity contribution is 7.98. The van der Waals surface area contributed by atoms with Crippen LogP contribution in [0.1, 0.15) is 6.92 Å². The first-order valence-electron chi connectivity index (χ1n) is 5.56. The van der Waals surface area contributed by atoms with Gasteiger partial charge in [0.2, 0.25) is 0 Å². The average Bonchev–Trinajstić information content (AvgIpc) is 2.27. The molecule has 0 atom stereocenters. The molecule has 0 spiro atoms. The van der Waals surface area contributed by atoms with Crippen molar-refractivity contribution >= 4 is 23.4 Å². The Balaban J connectivity index is 2.13. The Morgan fingerprint density at radius 1 is 1.35 bits per heavy atom. The molecule has 1 aromatic rings. The third-order valence-electron chi connectivity index (χ3n) is 2.90. The lowest BCUT2D eigenvalue weighted by atomic mass is 10.0. The zero-order valence-electron chi connectivity index (χ0n) is 10.0. The first-order valence-corrected chi connectivity index (χ1v) is 6.78. The van der Waals surface area contributed by atoms with Gasteiger partial charge in [-0.3, -0.25) is 4.79 Å². The molecule has 2 N–H and O–H groups in total. The summed E-state index contributed by atoms with van der Waals surface area (Å²) in [5.41, 5.74) is 2.92. The molecule has 17 heavy (non-hydrogen) atoms. The van der Waals surface area contributed by atoms with Crippen LogP contribution in [-0.2, 0) is 4.79 Å². The van der Waals surface area contributed by atoms with E-state index in [1.165, 1.54) is 5.57 Å². The monoisotopic (exact) mass is 248 g/mol. The van der Waals surface area contributed by atoms with Crippen molar-refractivity contribution in [2.75, 3.05) is 24.7 Å². The van der Waals surface area contributed by atoms with Crippen molar-refractivity contribution < 1.29 is 4.79 Å². The van der Waals surface area contributed by atoms with Crippen LogP contribution in [-0.4, -0.2) is 25.3 Å². The second-order valence-corrected chi connectivity index (χ2v) is 4.83. The summed E-state index contributed by atoms with van der Waals surface area (Å²) in [4.78, 5) is 13.1. The molecule has 3 nitrogen and oxygen atoms in total. The number of hydrogen-bond acceptors (Lipinski definition) is 3. The number of thioether (sulfide) groups is 1. The van der Waals surface area contributed by atoms with Crippen LogP contribution in [0.5, 0.6) is 0 Å². The van der Waals surface area contributed by atoms with Crippen LogP contribution in [0.3, 0.4) is 0 Å². The van der Waals surface area contributed by atoms with E-state index < -0.39 is 0 Å². The minimum absolute atomic E-state index is 0.00278. The van der Waals surface area contributed by atoms with Crippen molar-refractivity contribution in [1.29, 1.82) is 0 Å². The third kappa shape index (κ3) is 2.70. The molecule has 1 aliphatic heterocycles. The smallest absolute Gasteiger partial charge is 0.251 e. The maximum absolute atomic E-state index is 12.0. The van der Waals surface area contributed by atoms with Crippen LogP contribution >= 0.6 is 11.8 Å². The van der Waals surface area contributed by atoms with E-state index in [2.05, 4.69) is 10.6 Å². The van der Waals surface area contributed by atoms with Crippen LogP contribution in [0.4, 0.5) is 5.69 Å². The number of amides is 1. The number of para-hydroxylation sites is 1. The largest absolute Gasteiger partial charge is 0.321 e. The summed E-state index contributed by atoms with van der Waals surface area (Å²) in [5.74, 6) is 0.00278. The van der Waals surface area contributed by atoms with Gasteiger partial charge >= 0.3 is 0 Å².